The quantitative estimate of drug-likeness (QED) is 0.517. The summed E-state index contributed by atoms with van der Waals surface area (Å²) < 4.78 is 5.43. The Bertz CT molecular complexity index is 746. The Morgan fingerprint density at radius 1 is 1.26 bits per heavy atom. The van der Waals surface area contributed by atoms with E-state index in [1.807, 2.05) is 18.2 Å². The third-order valence-corrected chi connectivity index (χ3v) is 4.40. The van der Waals surface area contributed by atoms with E-state index in [1.165, 1.54) is 23.9 Å². The Balaban J connectivity index is 1.54. The number of nitro groups is 1. The Labute approximate surface area is 137 Å². The summed E-state index contributed by atoms with van der Waals surface area (Å²) in [4.78, 5) is 22.9. The number of nitrogens with zero attached hydrogens (tertiary/aromatic N) is 1. The van der Waals surface area contributed by atoms with Gasteiger partial charge in [-0.25, -0.2) is 0 Å². The molecule has 0 aromatic heterocycles. The number of non-ortho nitro benzene ring substituents is 1. The van der Waals surface area contributed by atoms with Crippen LogP contribution in [0.5, 0.6) is 5.75 Å². The maximum absolute atomic E-state index is 12.0. The molecular formula is C16H14N2O4S. The summed E-state index contributed by atoms with van der Waals surface area (Å²) in [5.74, 6) is 1.00. The van der Waals surface area contributed by atoms with Crippen LogP contribution in [-0.2, 0) is 11.2 Å². The minimum atomic E-state index is -0.446. The SMILES string of the molecule is O=C(CSc1ccc([N+](=O)[O-])cc1)Nc1ccc2c(c1)CCO2. The average Bonchev–Trinajstić information content (AvgIpc) is 3.01. The molecule has 0 fully saturated rings. The van der Waals surface area contributed by atoms with E-state index in [0.717, 1.165) is 28.3 Å². The van der Waals surface area contributed by atoms with E-state index in [-0.39, 0.29) is 17.3 Å². The number of thioether (sulfide) groups is 1. The molecule has 0 aliphatic carbocycles. The van der Waals surface area contributed by atoms with Crippen LogP contribution in [-0.4, -0.2) is 23.2 Å². The summed E-state index contributed by atoms with van der Waals surface area (Å²) in [6.45, 7) is 0.683. The van der Waals surface area contributed by atoms with E-state index < -0.39 is 4.92 Å². The van der Waals surface area contributed by atoms with Gasteiger partial charge in [-0.05, 0) is 35.9 Å². The first-order valence-corrected chi connectivity index (χ1v) is 8.03. The Morgan fingerprint density at radius 3 is 2.78 bits per heavy atom. The summed E-state index contributed by atoms with van der Waals surface area (Å²) in [6, 6.07) is 11.8. The molecule has 6 nitrogen and oxygen atoms in total. The molecule has 0 bridgehead atoms. The van der Waals surface area contributed by atoms with Gasteiger partial charge >= 0.3 is 0 Å². The van der Waals surface area contributed by atoms with Gasteiger partial charge in [-0.1, -0.05) is 0 Å². The number of fused-ring (bicyclic) bond motifs is 1. The summed E-state index contributed by atoms with van der Waals surface area (Å²) in [5.41, 5.74) is 1.90. The Morgan fingerprint density at radius 2 is 2.04 bits per heavy atom. The molecule has 2 aromatic rings. The summed E-state index contributed by atoms with van der Waals surface area (Å²) in [6.07, 6.45) is 0.858. The van der Waals surface area contributed by atoms with E-state index in [1.54, 1.807) is 12.1 Å². The maximum atomic E-state index is 12.0. The predicted octanol–water partition coefficient (Wildman–Crippen LogP) is 3.26. The Hall–Kier alpha value is -2.54. The summed E-state index contributed by atoms with van der Waals surface area (Å²) in [5, 5.41) is 13.4. The van der Waals surface area contributed by atoms with Gasteiger partial charge in [-0.15, -0.1) is 11.8 Å². The maximum Gasteiger partial charge on any atom is 0.269 e. The van der Waals surface area contributed by atoms with Gasteiger partial charge in [0.15, 0.2) is 0 Å². The molecule has 1 amide bonds. The average molecular weight is 330 g/mol. The minimum Gasteiger partial charge on any atom is -0.493 e. The third-order valence-electron chi connectivity index (χ3n) is 3.39. The lowest BCUT2D eigenvalue weighted by Gasteiger charge is -2.07. The van der Waals surface area contributed by atoms with Gasteiger partial charge in [0.1, 0.15) is 5.75 Å². The van der Waals surface area contributed by atoms with Gasteiger partial charge in [-0.2, -0.15) is 0 Å². The van der Waals surface area contributed by atoms with Crippen molar-refractivity contribution >= 4 is 29.0 Å². The third kappa shape index (κ3) is 3.81. The molecule has 23 heavy (non-hydrogen) atoms. The van der Waals surface area contributed by atoms with Crippen molar-refractivity contribution in [2.45, 2.75) is 11.3 Å². The van der Waals surface area contributed by atoms with Crippen LogP contribution in [0.3, 0.4) is 0 Å². The van der Waals surface area contributed by atoms with Crippen LogP contribution in [0.15, 0.2) is 47.4 Å². The zero-order valence-corrected chi connectivity index (χ0v) is 13.0. The van der Waals surface area contributed by atoms with Crippen molar-refractivity contribution in [1.29, 1.82) is 0 Å². The van der Waals surface area contributed by atoms with Gasteiger partial charge in [0, 0.05) is 29.1 Å². The zero-order valence-electron chi connectivity index (χ0n) is 12.2. The monoisotopic (exact) mass is 330 g/mol. The molecule has 3 rings (SSSR count). The molecule has 1 N–H and O–H groups in total. The topological polar surface area (TPSA) is 81.5 Å². The second-order valence-corrected chi connectivity index (χ2v) is 6.06. The fourth-order valence-electron chi connectivity index (χ4n) is 2.27. The van der Waals surface area contributed by atoms with Crippen molar-refractivity contribution in [2.75, 3.05) is 17.7 Å². The number of carbonyl (C=O) groups excluding carboxylic acids is 1. The number of nitro benzene ring substituents is 1. The van der Waals surface area contributed by atoms with E-state index in [0.29, 0.717) is 6.61 Å². The molecule has 0 saturated carbocycles. The van der Waals surface area contributed by atoms with Crippen molar-refractivity contribution < 1.29 is 14.5 Å². The summed E-state index contributed by atoms with van der Waals surface area (Å²) >= 11 is 1.33. The summed E-state index contributed by atoms with van der Waals surface area (Å²) in [7, 11) is 0. The first-order valence-electron chi connectivity index (χ1n) is 7.04. The van der Waals surface area contributed by atoms with Gasteiger partial charge < -0.3 is 10.1 Å². The number of rotatable bonds is 5. The molecule has 0 spiro atoms. The largest absolute Gasteiger partial charge is 0.493 e. The van der Waals surface area contributed by atoms with E-state index in [9.17, 15) is 14.9 Å². The Kier molecular flexibility index (Phi) is 4.47. The van der Waals surface area contributed by atoms with Crippen LogP contribution in [0.1, 0.15) is 5.56 Å². The van der Waals surface area contributed by atoms with E-state index in [2.05, 4.69) is 5.32 Å². The van der Waals surface area contributed by atoms with Crippen LogP contribution in [0.25, 0.3) is 0 Å². The highest BCUT2D eigenvalue weighted by atomic mass is 32.2. The fraction of sp³-hybridized carbons (Fsp3) is 0.188. The molecule has 0 radical (unpaired) electrons. The molecular weight excluding hydrogens is 316 g/mol. The van der Waals surface area contributed by atoms with Crippen molar-refractivity contribution in [3.63, 3.8) is 0 Å². The predicted molar refractivity (Wildman–Crippen MR) is 88.1 cm³/mol. The van der Waals surface area contributed by atoms with Crippen LogP contribution in [0.4, 0.5) is 11.4 Å². The van der Waals surface area contributed by atoms with Crippen LogP contribution in [0.2, 0.25) is 0 Å². The molecule has 0 saturated heterocycles. The van der Waals surface area contributed by atoms with Crippen LogP contribution >= 0.6 is 11.8 Å². The molecule has 1 heterocycles. The number of hydrogen-bond acceptors (Lipinski definition) is 5. The zero-order chi connectivity index (χ0) is 16.2. The number of carbonyl (C=O) groups is 1. The van der Waals surface area contributed by atoms with Crippen molar-refractivity contribution in [2.24, 2.45) is 0 Å². The van der Waals surface area contributed by atoms with E-state index >= 15 is 0 Å². The number of anilines is 1. The molecule has 7 heteroatoms. The lowest BCUT2D eigenvalue weighted by Crippen LogP contribution is -2.14. The number of hydrogen-bond donors (Lipinski definition) is 1. The normalized spacial score (nSPS) is 12.3. The number of nitrogens with one attached hydrogen (secondary N) is 1. The van der Waals surface area contributed by atoms with Crippen molar-refractivity contribution in [1.82, 2.24) is 0 Å². The minimum absolute atomic E-state index is 0.0409. The number of amides is 1. The second kappa shape index (κ2) is 6.70. The molecule has 1 aliphatic rings. The van der Waals surface area contributed by atoms with E-state index in [4.69, 9.17) is 4.74 Å². The lowest BCUT2D eigenvalue weighted by molar-refractivity contribution is -0.384. The molecule has 2 aromatic carbocycles. The van der Waals surface area contributed by atoms with Crippen molar-refractivity contribution in [3.05, 3.63) is 58.1 Å². The first kappa shape index (κ1) is 15.4. The van der Waals surface area contributed by atoms with Crippen molar-refractivity contribution in [3.8, 4) is 5.75 Å². The number of ether oxygens (including phenoxy) is 1. The first-order chi connectivity index (χ1) is 11.1. The molecule has 1 aliphatic heterocycles. The number of benzene rings is 2. The highest BCUT2D eigenvalue weighted by Gasteiger charge is 2.13. The molecule has 0 atom stereocenters. The van der Waals surface area contributed by atoms with Crippen LogP contribution < -0.4 is 10.1 Å². The molecule has 0 unspecified atom stereocenters. The molecule has 118 valence electrons. The fourth-order valence-corrected chi connectivity index (χ4v) is 2.97. The van der Waals surface area contributed by atoms with Crippen LogP contribution in [0, 0.1) is 10.1 Å². The standard InChI is InChI=1S/C16H14N2O4S/c19-16(10-23-14-4-2-13(3-5-14)18(20)21)17-12-1-6-15-11(9-12)7-8-22-15/h1-6,9H,7-8,10H2,(H,17,19). The van der Waals surface area contributed by atoms with Gasteiger partial charge in [0.05, 0.1) is 17.3 Å². The van der Waals surface area contributed by atoms with Gasteiger partial charge in [0.25, 0.3) is 5.69 Å². The highest BCUT2D eigenvalue weighted by Crippen LogP contribution is 2.28. The van der Waals surface area contributed by atoms with Gasteiger partial charge in [0.2, 0.25) is 5.91 Å². The highest BCUT2D eigenvalue weighted by molar-refractivity contribution is 8.00. The van der Waals surface area contributed by atoms with Gasteiger partial charge in [-0.3, -0.25) is 14.9 Å². The lowest BCUT2D eigenvalue weighted by atomic mass is 10.1. The smallest absolute Gasteiger partial charge is 0.269 e. The second-order valence-electron chi connectivity index (χ2n) is 5.01.